The maximum atomic E-state index is 12.8. The summed E-state index contributed by atoms with van der Waals surface area (Å²) in [4.78, 5) is 24.6. The molecule has 156 valence electrons. The summed E-state index contributed by atoms with van der Waals surface area (Å²) in [6, 6.07) is 10.7. The van der Waals surface area contributed by atoms with Crippen LogP contribution in [0.2, 0.25) is 0 Å². The van der Waals surface area contributed by atoms with Crippen LogP contribution >= 0.6 is 0 Å². The zero-order chi connectivity index (χ0) is 20.7. The van der Waals surface area contributed by atoms with E-state index in [9.17, 15) is 4.79 Å². The quantitative estimate of drug-likeness (QED) is 0.704. The Balaban J connectivity index is 1.51. The smallest absolute Gasteiger partial charge is 0.264 e. The van der Waals surface area contributed by atoms with Crippen LogP contribution in [0.3, 0.4) is 0 Å². The van der Waals surface area contributed by atoms with Gasteiger partial charge in [0.05, 0.1) is 30.2 Å². The van der Waals surface area contributed by atoms with Crippen LogP contribution in [0, 0.1) is 0 Å². The van der Waals surface area contributed by atoms with Crippen LogP contribution in [0.1, 0.15) is 24.8 Å². The molecule has 0 radical (unpaired) electrons. The third kappa shape index (κ3) is 3.48. The van der Waals surface area contributed by atoms with Crippen molar-refractivity contribution in [3.05, 3.63) is 52.6 Å². The first-order valence-electron chi connectivity index (χ1n) is 10.7. The second-order valence-corrected chi connectivity index (χ2v) is 8.29. The van der Waals surface area contributed by atoms with E-state index in [0.717, 1.165) is 43.9 Å². The van der Waals surface area contributed by atoms with E-state index in [1.165, 1.54) is 10.1 Å². The van der Waals surface area contributed by atoms with E-state index >= 15 is 0 Å². The molecule has 1 atom stereocenters. The number of benzene rings is 1. The normalized spacial score (nSPS) is 19.9. The van der Waals surface area contributed by atoms with Gasteiger partial charge in [-0.25, -0.2) is 9.97 Å². The van der Waals surface area contributed by atoms with Gasteiger partial charge in [0, 0.05) is 38.2 Å². The van der Waals surface area contributed by atoms with E-state index in [4.69, 9.17) is 9.72 Å². The molecule has 2 aliphatic rings. The van der Waals surface area contributed by atoms with Gasteiger partial charge in [-0.1, -0.05) is 31.2 Å². The number of rotatable bonds is 5. The number of ether oxygens (including phenoxy) is 1. The molecule has 0 saturated carbocycles. The summed E-state index contributed by atoms with van der Waals surface area (Å²) >= 11 is 0. The number of anilines is 1. The van der Waals surface area contributed by atoms with E-state index in [2.05, 4.69) is 46.4 Å². The molecule has 5 rings (SSSR count). The molecule has 0 amide bonds. The van der Waals surface area contributed by atoms with E-state index in [-0.39, 0.29) is 11.6 Å². The molecule has 2 fully saturated rings. The zero-order valence-corrected chi connectivity index (χ0v) is 17.5. The molecule has 4 heterocycles. The van der Waals surface area contributed by atoms with Crippen molar-refractivity contribution in [3.63, 3.8) is 0 Å². The minimum absolute atomic E-state index is 0.0960. The van der Waals surface area contributed by atoms with Crippen molar-refractivity contribution in [2.75, 3.05) is 38.2 Å². The molecule has 1 N–H and O–H groups in total. The van der Waals surface area contributed by atoms with Crippen LogP contribution in [0.4, 0.5) is 5.82 Å². The number of aromatic nitrogens is 3. The van der Waals surface area contributed by atoms with Crippen LogP contribution in [-0.4, -0.2) is 58.3 Å². The molecule has 30 heavy (non-hydrogen) atoms. The molecule has 2 aromatic heterocycles. The summed E-state index contributed by atoms with van der Waals surface area (Å²) in [5, 5.41) is 3.96. The average Bonchev–Trinajstić information content (AvgIpc) is 3.23. The lowest BCUT2D eigenvalue weighted by Gasteiger charge is -2.38. The molecule has 2 saturated heterocycles. The van der Waals surface area contributed by atoms with Gasteiger partial charge in [-0.2, -0.15) is 0 Å². The fraction of sp³-hybridized carbons (Fsp3) is 0.435. The van der Waals surface area contributed by atoms with Crippen LogP contribution in [0.15, 0.2) is 41.5 Å². The number of nitrogens with one attached hydrogen (secondary N) is 1. The average molecular weight is 406 g/mol. The highest BCUT2D eigenvalue weighted by Crippen LogP contribution is 2.30. The van der Waals surface area contributed by atoms with Gasteiger partial charge in [0.2, 0.25) is 0 Å². The highest BCUT2D eigenvalue weighted by Gasteiger charge is 2.26. The van der Waals surface area contributed by atoms with Crippen molar-refractivity contribution in [1.29, 1.82) is 0 Å². The first-order chi connectivity index (χ1) is 14.6. The Bertz CT molecular complexity index is 1110. The first kappa shape index (κ1) is 19.2. The number of pyridine rings is 1. The van der Waals surface area contributed by atoms with Gasteiger partial charge in [-0.05, 0) is 24.6 Å². The third-order valence-corrected chi connectivity index (χ3v) is 6.26. The first-order valence-corrected chi connectivity index (χ1v) is 10.7. The Hall–Kier alpha value is -2.77. The molecule has 0 bridgehead atoms. The second kappa shape index (κ2) is 7.81. The van der Waals surface area contributed by atoms with Gasteiger partial charge >= 0.3 is 0 Å². The van der Waals surface area contributed by atoms with Gasteiger partial charge < -0.3 is 19.5 Å². The summed E-state index contributed by atoms with van der Waals surface area (Å²) in [7, 11) is 1.71. The SMILES string of the molecule is CCN1CC(c2ccc(-c3cc4ncn(C)c(=O)c4c(NC4CCOC4)n3)cc2)C1. The summed E-state index contributed by atoms with van der Waals surface area (Å²) in [5.41, 5.74) is 3.78. The maximum Gasteiger partial charge on any atom is 0.264 e. The van der Waals surface area contributed by atoms with E-state index in [1.807, 2.05) is 6.07 Å². The number of likely N-dealkylation sites (tertiary alicyclic amines) is 1. The molecular formula is C23H27N5O2. The van der Waals surface area contributed by atoms with Crippen molar-refractivity contribution >= 4 is 16.7 Å². The minimum Gasteiger partial charge on any atom is -0.379 e. The lowest BCUT2D eigenvalue weighted by molar-refractivity contribution is 0.157. The maximum absolute atomic E-state index is 12.8. The van der Waals surface area contributed by atoms with Crippen LogP contribution in [-0.2, 0) is 11.8 Å². The fourth-order valence-corrected chi connectivity index (χ4v) is 4.28. The minimum atomic E-state index is -0.0960. The number of nitrogens with zero attached hydrogens (tertiary/aromatic N) is 4. The number of likely N-dealkylation sites (N-methyl/N-ethyl adjacent to an activating group) is 1. The van der Waals surface area contributed by atoms with Crippen molar-refractivity contribution in [2.24, 2.45) is 7.05 Å². The Morgan fingerprint density at radius 2 is 2.03 bits per heavy atom. The van der Waals surface area contributed by atoms with Gasteiger partial charge in [0.1, 0.15) is 11.2 Å². The Labute approximate surface area is 175 Å². The number of hydrogen-bond donors (Lipinski definition) is 1. The van der Waals surface area contributed by atoms with Gasteiger partial charge in [-0.15, -0.1) is 0 Å². The largest absolute Gasteiger partial charge is 0.379 e. The molecular weight excluding hydrogens is 378 g/mol. The van der Waals surface area contributed by atoms with Crippen molar-refractivity contribution in [2.45, 2.75) is 25.3 Å². The van der Waals surface area contributed by atoms with Gasteiger partial charge in [0.25, 0.3) is 5.56 Å². The lowest BCUT2D eigenvalue weighted by atomic mass is 9.90. The molecule has 7 heteroatoms. The van der Waals surface area contributed by atoms with E-state index in [0.29, 0.717) is 29.2 Å². The zero-order valence-electron chi connectivity index (χ0n) is 17.5. The standard InChI is InChI=1S/C23H27N5O2/c1-3-28-11-17(12-28)15-4-6-16(7-5-15)19-10-20-21(23(29)27(2)14-24-20)22(26-19)25-18-8-9-30-13-18/h4-7,10,14,17-18H,3,8-9,11-13H2,1-2H3,(H,25,26). The number of fused-ring (bicyclic) bond motifs is 1. The Morgan fingerprint density at radius 3 is 2.73 bits per heavy atom. The van der Waals surface area contributed by atoms with Gasteiger partial charge in [-0.3, -0.25) is 4.79 Å². The number of aryl methyl sites for hydroxylation is 1. The van der Waals surface area contributed by atoms with Crippen LogP contribution in [0.25, 0.3) is 22.2 Å². The van der Waals surface area contributed by atoms with Crippen LogP contribution in [0.5, 0.6) is 0 Å². The predicted molar refractivity (Wildman–Crippen MR) is 118 cm³/mol. The van der Waals surface area contributed by atoms with Crippen LogP contribution < -0.4 is 10.9 Å². The number of hydrogen-bond acceptors (Lipinski definition) is 6. The summed E-state index contributed by atoms with van der Waals surface area (Å²) in [5.74, 6) is 1.21. The third-order valence-electron chi connectivity index (χ3n) is 6.26. The topological polar surface area (TPSA) is 72.3 Å². The summed E-state index contributed by atoms with van der Waals surface area (Å²) in [6.45, 7) is 6.94. The highest BCUT2D eigenvalue weighted by atomic mass is 16.5. The van der Waals surface area contributed by atoms with Crippen molar-refractivity contribution < 1.29 is 4.74 Å². The summed E-state index contributed by atoms with van der Waals surface area (Å²) < 4.78 is 6.98. The lowest BCUT2D eigenvalue weighted by Crippen LogP contribution is -2.44. The molecule has 1 unspecified atom stereocenters. The second-order valence-electron chi connectivity index (χ2n) is 8.29. The molecule has 0 aliphatic carbocycles. The predicted octanol–water partition coefficient (Wildman–Crippen LogP) is 2.62. The Kier molecular flexibility index (Phi) is 5.00. The van der Waals surface area contributed by atoms with E-state index < -0.39 is 0 Å². The fourth-order valence-electron chi connectivity index (χ4n) is 4.28. The summed E-state index contributed by atoms with van der Waals surface area (Å²) in [6.07, 6.45) is 2.47. The van der Waals surface area contributed by atoms with Crippen molar-refractivity contribution in [1.82, 2.24) is 19.4 Å². The Morgan fingerprint density at radius 1 is 1.23 bits per heavy atom. The molecule has 2 aliphatic heterocycles. The molecule has 7 nitrogen and oxygen atoms in total. The molecule has 0 spiro atoms. The van der Waals surface area contributed by atoms with E-state index in [1.54, 1.807) is 13.4 Å². The van der Waals surface area contributed by atoms with Gasteiger partial charge in [0.15, 0.2) is 0 Å². The van der Waals surface area contributed by atoms with Crippen molar-refractivity contribution in [3.8, 4) is 11.3 Å². The molecule has 3 aromatic rings. The highest BCUT2D eigenvalue weighted by molar-refractivity contribution is 5.91. The monoisotopic (exact) mass is 405 g/mol. The molecule has 1 aromatic carbocycles.